The van der Waals surface area contributed by atoms with E-state index in [4.69, 9.17) is 11.6 Å². The molecule has 4 rings (SSSR count). The number of amides is 2. The number of aromatic hydroxyl groups is 1. The van der Waals surface area contributed by atoms with Crippen molar-refractivity contribution in [1.82, 2.24) is 5.32 Å². The number of rotatable bonds is 3. The molecule has 1 unspecified atom stereocenters. The van der Waals surface area contributed by atoms with Gasteiger partial charge < -0.3 is 15.7 Å². The summed E-state index contributed by atoms with van der Waals surface area (Å²) >= 11 is 9.52. The topological polar surface area (TPSA) is 78.4 Å². The molecule has 1 aliphatic heterocycles. The minimum absolute atomic E-state index is 0.112. The normalized spacial score (nSPS) is 14.9. The van der Waals surface area contributed by atoms with Gasteiger partial charge in [0.05, 0.1) is 6.04 Å². The molecule has 0 saturated heterocycles. The van der Waals surface area contributed by atoms with Crippen LogP contribution in [0.15, 0.2) is 53.0 Å². The molecule has 1 heterocycles. The molecular weight excluding hydrogens is 482 g/mol. The number of carbonyl (C=O) groups is 2. The lowest BCUT2D eigenvalue weighted by atomic mass is 9.96. The Morgan fingerprint density at radius 3 is 2.60 bits per heavy atom. The molecule has 3 aromatic rings. The Morgan fingerprint density at radius 2 is 1.87 bits per heavy atom. The van der Waals surface area contributed by atoms with Crippen molar-refractivity contribution in [2.45, 2.75) is 6.04 Å². The van der Waals surface area contributed by atoms with Gasteiger partial charge in [-0.25, -0.2) is 8.78 Å². The quantitative estimate of drug-likeness (QED) is 0.471. The van der Waals surface area contributed by atoms with Crippen molar-refractivity contribution in [2.24, 2.45) is 0 Å². The van der Waals surface area contributed by atoms with Gasteiger partial charge in [-0.3, -0.25) is 9.59 Å². The molecule has 3 N–H and O–H groups in total. The van der Waals surface area contributed by atoms with E-state index in [0.717, 1.165) is 18.2 Å². The number of nitrogens with one attached hydrogen (secondary N) is 2. The zero-order valence-corrected chi connectivity index (χ0v) is 17.3. The molecule has 2 amide bonds. The summed E-state index contributed by atoms with van der Waals surface area (Å²) in [5, 5.41) is 15.2. The Hall–Kier alpha value is -2.97. The number of hydrogen-bond acceptors (Lipinski definition) is 3. The number of carbonyl (C=O) groups excluding carboxylic acids is 2. The zero-order chi connectivity index (χ0) is 21.6. The number of anilines is 1. The summed E-state index contributed by atoms with van der Waals surface area (Å²) < 4.78 is 27.9. The van der Waals surface area contributed by atoms with E-state index in [0.29, 0.717) is 15.6 Å². The van der Waals surface area contributed by atoms with Crippen molar-refractivity contribution in [3.8, 4) is 5.75 Å². The molecule has 152 valence electrons. The van der Waals surface area contributed by atoms with Gasteiger partial charge in [0.25, 0.3) is 11.8 Å². The van der Waals surface area contributed by atoms with Crippen LogP contribution < -0.4 is 10.6 Å². The Morgan fingerprint density at radius 1 is 1.10 bits per heavy atom. The van der Waals surface area contributed by atoms with Crippen molar-refractivity contribution in [3.05, 3.63) is 91.9 Å². The van der Waals surface area contributed by atoms with Crippen LogP contribution in [-0.2, 0) is 0 Å². The van der Waals surface area contributed by atoms with Crippen LogP contribution in [-0.4, -0.2) is 16.9 Å². The van der Waals surface area contributed by atoms with Gasteiger partial charge in [0.2, 0.25) is 0 Å². The highest BCUT2D eigenvalue weighted by molar-refractivity contribution is 9.10. The Labute approximate surface area is 182 Å². The monoisotopic (exact) mass is 492 g/mol. The second-order valence-electron chi connectivity index (χ2n) is 6.64. The molecule has 1 atom stereocenters. The molecule has 0 aliphatic carbocycles. The van der Waals surface area contributed by atoms with E-state index in [-0.39, 0.29) is 21.8 Å². The van der Waals surface area contributed by atoms with Crippen LogP contribution >= 0.6 is 27.5 Å². The first kappa shape index (κ1) is 20.3. The van der Waals surface area contributed by atoms with E-state index in [1.165, 1.54) is 18.2 Å². The maximum absolute atomic E-state index is 13.8. The average Bonchev–Trinajstić information content (AvgIpc) is 2.99. The average molecular weight is 494 g/mol. The summed E-state index contributed by atoms with van der Waals surface area (Å²) in [4.78, 5) is 25.2. The van der Waals surface area contributed by atoms with Crippen molar-refractivity contribution >= 4 is 45.0 Å². The molecule has 30 heavy (non-hydrogen) atoms. The first-order valence-corrected chi connectivity index (χ1v) is 9.80. The summed E-state index contributed by atoms with van der Waals surface area (Å²) in [6.07, 6.45) is 0. The molecular formula is C21H12BrClF2N2O3. The third-order valence-electron chi connectivity index (χ3n) is 4.62. The van der Waals surface area contributed by atoms with Crippen LogP contribution in [0.25, 0.3) is 0 Å². The van der Waals surface area contributed by atoms with E-state index >= 15 is 0 Å². The fraction of sp³-hybridized carbons (Fsp3) is 0.0476. The molecule has 0 spiro atoms. The van der Waals surface area contributed by atoms with Crippen LogP contribution in [0.3, 0.4) is 0 Å². The second-order valence-corrected chi connectivity index (χ2v) is 7.96. The van der Waals surface area contributed by atoms with E-state index in [9.17, 15) is 23.5 Å². The summed E-state index contributed by atoms with van der Waals surface area (Å²) in [6.45, 7) is 0. The SMILES string of the molecule is O=C(Nc1cc(Br)cc2c1C(c1cc(F)ccc1Cl)NC2=O)c1cc(O)cc(F)c1. The minimum atomic E-state index is -0.806. The van der Waals surface area contributed by atoms with Gasteiger partial charge in [-0.1, -0.05) is 27.5 Å². The van der Waals surface area contributed by atoms with Crippen LogP contribution in [0.1, 0.15) is 37.9 Å². The van der Waals surface area contributed by atoms with Crippen LogP contribution in [0.5, 0.6) is 5.75 Å². The second kappa shape index (κ2) is 7.70. The maximum atomic E-state index is 13.8. The Balaban J connectivity index is 1.81. The first-order valence-electron chi connectivity index (χ1n) is 8.63. The molecule has 3 aromatic carbocycles. The number of halogens is 4. The largest absolute Gasteiger partial charge is 0.508 e. The summed E-state index contributed by atoms with van der Waals surface area (Å²) in [5.74, 6) is -2.83. The molecule has 0 radical (unpaired) electrons. The standard InChI is InChI=1S/C21H12BrClF2N2O3/c22-10-5-15-18(19(27-21(15)30)14-8-11(24)1-2-16(14)23)17(6-10)26-20(29)9-3-12(25)7-13(28)4-9/h1-8,19,28H,(H,26,29)(H,27,30). The predicted molar refractivity (Wildman–Crippen MR) is 111 cm³/mol. The molecule has 5 nitrogen and oxygen atoms in total. The lowest BCUT2D eigenvalue weighted by molar-refractivity contribution is 0.0959. The van der Waals surface area contributed by atoms with Crippen molar-refractivity contribution in [1.29, 1.82) is 0 Å². The molecule has 0 aromatic heterocycles. The summed E-state index contributed by atoms with van der Waals surface area (Å²) in [7, 11) is 0. The van der Waals surface area contributed by atoms with Crippen LogP contribution in [0.2, 0.25) is 5.02 Å². The fourth-order valence-corrected chi connectivity index (χ4v) is 4.05. The van der Waals surface area contributed by atoms with Gasteiger partial charge in [-0.05, 0) is 42.5 Å². The van der Waals surface area contributed by atoms with Gasteiger partial charge in [0, 0.05) is 43.5 Å². The van der Waals surface area contributed by atoms with Gasteiger partial charge >= 0.3 is 0 Å². The van der Waals surface area contributed by atoms with Gasteiger partial charge in [0.1, 0.15) is 17.4 Å². The lowest BCUT2D eigenvalue weighted by Gasteiger charge is -2.18. The fourth-order valence-electron chi connectivity index (χ4n) is 3.37. The molecule has 9 heteroatoms. The van der Waals surface area contributed by atoms with E-state index in [1.54, 1.807) is 12.1 Å². The summed E-state index contributed by atoms with van der Waals surface area (Å²) in [6, 6.07) is 9.07. The zero-order valence-electron chi connectivity index (χ0n) is 15.0. The number of benzene rings is 3. The van der Waals surface area contributed by atoms with Crippen molar-refractivity contribution in [2.75, 3.05) is 5.32 Å². The minimum Gasteiger partial charge on any atom is -0.508 e. The molecule has 0 fully saturated rings. The number of fused-ring (bicyclic) bond motifs is 1. The van der Waals surface area contributed by atoms with E-state index in [2.05, 4.69) is 26.6 Å². The predicted octanol–water partition coefficient (Wildman–Crippen LogP) is 5.17. The van der Waals surface area contributed by atoms with E-state index < -0.39 is 35.2 Å². The van der Waals surface area contributed by atoms with E-state index in [1.807, 2.05) is 0 Å². The van der Waals surface area contributed by atoms with Crippen molar-refractivity contribution < 1.29 is 23.5 Å². The number of hydrogen-bond donors (Lipinski definition) is 3. The third-order valence-corrected chi connectivity index (χ3v) is 5.42. The van der Waals surface area contributed by atoms with Gasteiger partial charge in [-0.15, -0.1) is 0 Å². The summed E-state index contributed by atoms with van der Waals surface area (Å²) in [5.41, 5.74) is 1.12. The molecule has 1 aliphatic rings. The molecule has 0 bridgehead atoms. The highest BCUT2D eigenvalue weighted by atomic mass is 79.9. The third kappa shape index (κ3) is 3.76. The highest BCUT2D eigenvalue weighted by Crippen LogP contribution is 2.41. The smallest absolute Gasteiger partial charge is 0.255 e. The van der Waals surface area contributed by atoms with Gasteiger partial charge in [0.15, 0.2) is 0 Å². The molecule has 0 saturated carbocycles. The Kier molecular flexibility index (Phi) is 5.21. The maximum Gasteiger partial charge on any atom is 0.255 e. The van der Waals surface area contributed by atoms with Gasteiger partial charge in [-0.2, -0.15) is 0 Å². The lowest BCUT2D eigenvalue weighted by Crippen LogP contribution is -2.21. The number of phenolic OH excluding ortho intramolecular Hbond substituents is 1. The Bertz CT molecular complexity index is 1200. The van der Waals surface area contributed by atoms with Crippen LogP contribution in [0, 0.1) is 11.6 Å². The number of phenols is 1. The van der Waals surface area contributed by atoms with Crippen LogP contribution in [0.4, 0.5) is 14.5 Å². The highest BCUT2D eigenvalue weighted by Gasteiger charge is 2.34. The van der Waals surface area contributed by atoms with Crippen molar-refractivity contribution in [3.63, 3.8) is 0 Å². The first-order chi connectivity index (χ1) is 14.2.